The van der Waals surface area contributed by atoms with E-state index in [0.29, 0.717) is 21.1 Å². The molecule has 0 saturated carbocycles. The fourth-order valence-electron chi connectivity index (χ4n) is 2.98. The first kappa shape index (κ1) is 23.4. The van der Waals surface area contributed by atoms with Crippen LogP contribution in [-0.2, 0) is 11.0 Å². The first-order valence-electron chi connectivity index (χ1n) is 9.59. The van der Waals surface area contributed by atoms with Crippen molar-refractivity contribution in [1.29, 1.82) is 0 Å². The normalized spacial score (nSPS) is 11.3. The fourth-order valence-corrected chi connectivity index (χ4v) is 4.02. The van der Waals surface area contributed by atoms with Crippen LogP contribution in [0.1, 0.15) is 27.9 Å². The number of halogens is 4. The molecule has 5 nitrogen and oxygen atoms in total. The minimum Gasteiger partial charge on any atom is -0.329 e. The third-order valence-electron chi connectivity index (χ3n) is 4.59. The van der Waals surface area contributed by atoms with Gasteiger partial charge in [-0.25, -0.2) is 9.37 Å². The van der Waals surface area contributed by atoms with Crippen LogP contribution in [0.3, 0.4) is 0 Å². The highest BCUT2D eigenvalue weighted by molar-refractivity contribution is 7.17. The molecule has 0 atom stereocenters. The van der Waals surface area contributed by atoms with E-state index in [0.717, 1.165) is 23.5 Å². The molecule has 2 aromatic carbocycles. The lowest BCUT2D eigenvalue weighted by Crippen LogP contribution is -2.38. The van der Waals surface area contributed by atoms with Crippen molar-refractivity contribution in [1.82, 2.24) is 9.88 Å². The second kappa shape index (κ2) is 9.47. The maximum Gasteiger partial charge on any atom is 0.418 e. The SMILES string of the molecule is CCN(CC(=O)Nc1ccccc1C(F)(F)F)C(=O)c1sc(-c2ccc(F)cc2)nc1C. The van der Waals surface area contributed by atoms with E-state index in [9.17, 15) is 27.2 Å². The molecule has 1 heterocycles. The van der Waals surface area contributed by atoms with Crippen LogP contribution < -0.4 is 5.32 Å². The molecular weight excluding hydrogens is 446 g/mol. The van der Waals surface area contributed by atoms with Crippen LogP contribution >= 0.6 is 11.3 Å². The van der Waals surface area contributed by atoms with Gasteiger partial charge >= 0.3 is 6.18 Å². The Bertz CT molecular complexity index is 1130. The molecule has 1 aromatic heterocycles. The number of anilines is 1. The zero-order valence-electron chi connectivity index (χ0n) is 17.2. The van der Waals surface area contributed by atoms with E-state index in [1.54, 1.807) is 26.0 Å². The third kappa shape index (κ3) is 5.31. The number of carbonyl (C=O) groups excluding carboxylic acids is 2. The van der Waals surface area contributed by atoms with Crippen LogP contribution in [0.5, 0.6) is 0 Å². The summed E-state index contributed by atoms with van der Waals surface area (Å²) in [6, 6.07) is 10.3. The van der Waals surface area contributed by atoms with E-state index in [2.05, 4.69) is 10.3 Å². The molecule has 10 heteroatoms. The minimum absolute atomic E-state index is 0.163. The van der Waals surface area contributed by atoms with Gasteiger partial charge in [0, 0.05) is 12.1 Å². The van der Waals surface area contributed by atoms with Crippen molar-refractivity contribution in [2.24, 2.45) is 0 Å². The lowest BCUT2D eigenvalue weighted by Gasteiger charge is -2.20. The average Bonchev–Trinajstić information content (AvgIpc) is 3.13. The number of hydrogen-bond donors (Lipinski definition) is 1. The number of aryl methyl sites for hydroxylation is 1. The van der Waals surface area contributed by atoms with Crippen molar-refractivity contribution in [2.75, 3.05) is 18.4 Å². The van der Waals surface area contributed by atoms with E-state index in [1.165, 1.54) is 29.2 Å². The Hall–Kier alpha value is -3.27. The van der Waals surface area contributed by atoms with Crippen LogP contribution in [0.4, 0.5) is 23.2 Å². The highest BCUT2D eigenvalue weighted by Crippen LogP contribution is 2.34. The molecule has 32 heavy (non-hydrogen) atoms. The number of thiazole rings is 1. The smallest absolute Gasteiger partial charge is 0.329 e. The number of hydrogen-bond acceptors (Lipinski definition) is 4. The largest absolute Gasteiger partial charge is 0.418 e. The summed E-state index contributed by atoms with van der Waals surface area (Å²) in [6.07, 6.45) is -4.62. The summed E-state index contributed by atoms with van der Waals surface area (Å²) >= 11 is 1.10. The van der Waals surface area contributed by atoms with Crippen LogP contribution in [0.25, 0.3) is 10.6 Å². The van der Waals surface area contributed by atoms with Crippen molar-refractivity contribution < 1.29 is 27.2 Å². The summed E-state index contributed by atoms with van der Waals surface area (Å²) in [5, 5.41) is 2.76. The Morgan fingerprint density at radius 2 is 1.75 bits per heavy atom. The first-order chi connectivity index (χ1) is 15.1. The minimum atomic E-state index is -4.62. The molecule has 0 bridgehead atoms. The van der Waals surface area contributed by atoms with Gasteiger partial charge in [0.15, 0.2) is 0 Å². The average molecular weight is 465 g/mol. The van der Waals surface area contributed by atoms with E-state index < -0.39 is 35.9 Å². The Morgan fingerprint density at radius 1 is 1.09 bits per heavy atom. The molecule has 1 N–H and O–H groups in total. The maximum atomic E-state index is 13.2. The van der Waals surface area contributed by atoms with E-state index in [1.807, 2.05) is 0 Å². The summed E-state index contributed by atoms with van der Waals surface area (Å²) in [7, 11) is 0. The molecule has 0 aliphatic carbocycles. The quantitative estimate of drug-likeness (QED) is 0.498. The van der Waals surface area contributed by atoms with Gasteiger partial charge in [0.25, 0.3) is 5.91 Å². The Balaban J connectivity index is 1.76. The second-order valence-electron chi connectivity index (χ2n) is 6.85. The highest BCUT2D eigenvalue weighted by Gasteiger charge is 2.33. The molecule has 168 valence electrons. The predicted octanol–water partition coefficient (Wildman–Crippen LogP) is 5.38. The number of nitrogens with zero attached hydrogens (tertiary/aromatic N) is 2. The summed E-state index contributed by atoms with van der Waals surface area (Å²) in [5.41, 5.74) is -0.255. The summed E-state index contributed by atoms with van der Waals surface area (Å²) in [6.45, 7) is 3.04. The standard InChI is InChI=1S/C22H19F4N3O2S/c1-3-29(12-18(30)28-17-7-5-4-6-16(17)22(24,25)26)21(31)19-13(2)27-20(32-19)14-8-10-15(23)11-9-14/h4-11H,3,12H2,1-2H3,(H,28,30). The van der Waals surface area contributed by atoms with Gasteiger partial charge in [0.1, 0.15) is 22.2 Å². The number of carbonyl (C=O) groups is 2. The van der Waals surface area contributed by atoms with E-state index in [-0.39, 0.29) is 12.2 Å². The van der Waals surface area contributed by atoms with Crippen molar-refractivity contribution in [2.45, 2.75) is 20.0 Å². The summed E-state index contributed by atoms with van der Waals surface area (Å²) in [4.78, 5) is 31.3. The zero-order chi connectivity index (χ0) is 23.5. The molecule has 0 aliphatic rings. The Labute approximate surface area is 185 Å². The highest BCUT2D eigenvalue weighted by atomic mass is 32.1. The first-order valence-corrected chi connectivity index (χ1v) is 10.4. The molecule has 3 aromatic rings. The molecule has 0 fully saturated rings. The van der Waals surface area contributed by atoms with Gasteiger partial charge in [-0.2, -0.15) is 13.2 Å². The zero-order valence-corrected chi connectivity index (χ0v) is 18.0. The molecule has 0 radical (unpaired) electrons. The number of nitrogens with one attached hydrogen (secondary N) is 1. The van der Waals surface area contributed by atoms with Gasteiger partial charge in [-0.05, 0) is 50.2 Å². The number of benzene rings is 2. The molecular formula is C22H19F4N3O2S. The van der Waals surface area contributed by atoms with Crippen LogP contribution in [0.15, 0.2) is 48.5 Å². The number of rotatable bonds is 6. The van der Waals surface area contributed by atoms with Crippen molar-refractivity contribution in [3.05, 3.63) is 70.5 Å². The van der Waals surface area contributed by atoms with Crippen molar-refractivity contribution in [3.8, 4) is 10.6 Å². The van der Waals surface area contributed by atoms with Crippen molar-refractivity contribution in [3.63, 3.8) is 0 Å². The molecule has 0 spiro atoms. The maximum absolute atomic E-state index is 13.2. The number of likely N-dealkylation sites (N-methyl/N-ethyl adjacent to an activating group) is 1. The predicted molar refractivity (Wildman–Crippen MR) is 114 cm³/mol. The fraction of sp³-hybridized carbons (Fsp3) is 0.227. The van der Waals surface area contributed by atoms with Gasteiger partial charge < -0.3 is 10.2 Å². The number of aromatic nitrogens is 1. The molecule has 3 rings (SSSR count). The topological polar surface area (TPSA) is 62.3 Å². The lowest BCUT2D eigenvalue weighted by molar-refractivity contribution is -0.137. The molecule has 2 amide bonds. The Morgan fingerprint density at radius 3 is 2.38 bits per heavy atom. The van der Waals surface area contributed by atoms with Crippen LogP contribution in [0.2, 0.25) is 0 Å². The van der Waals surface area contributed by atoms with E-state index in [4.69, 9.17) is 0 Å². The second-order valence-corrected chi connectivity index (χ2v) is 7.85. The van der Waals surface area contributed by atoms with Gasteiger partial charge in [-0.1, -0.05) is 12.1 Å². The van der Waals surface area contributed by atoms with Gasteiger partial charge in [-0.3, -0.25) is 9.59 Å². The summed E-state index contributed by atoms with van der Waals surface area (Å²) in [5.74, 6) is -1.61. The van der Waals surface area contributed by atoms with Gasteiger partial charge in [0.2, 0.25) is 5.91 Å². The lowest BCUT2D eigenvalue weighted by atomic mass is 10.1. The third-order valence-corrected chi connectivity index (χ3v) is 5.79. The molecule has 0 saturated heterocycles. The molecule has 0 aliphatic heterocycles. The van der Waals surface area contributed by atoms with Crippen LogP contribution in [-0.4, -0.2) is 34.8 Å². The number of para-hydroxylation sites is 1. The molecule has 0 unspecified atom stereocenters. The van der Waals surface area contributed by atoms with Crippen LogP contribution in [0, 0.1) is 12.7 Å². The number of alkyl halides is 3. The van der Waals surface area contributed by atoms with Crippen molar-refractivity contribution >= 4 is 28.8 Å². The number of amides is 2. The monoisotopic (exact) mass is 465 g/mol. The Kier molecular flexibility index (Phi) is 6.93. The van der Waals surface area contributed by atoms with Gasteiger partial charge in [-0.15, -0.1) is 11.3 Å². The van der Waals surface area contributed by atoms with Gasteiger partial charge in [0.05, 0.1) is 16.9 Å². The van der Waals surface area contributed by atoms with E-state index >= 15 is 0 Å². The summed E-state index contributed by atoms with van der Waals surface area (Å²) < 4.78 is 52.6.